The number of nitrogens with zero attached hydrogens (tertiary/aromatic N) is 2. The highest BCUT2D eigenvalue weighted by Gasteiger charge is 2.16. The lowest BCUT2D eigenvalue weighted by Gasteiger charge is -2.03. The maximum atomic E-state index is 13.7. The number of rotatable bonds is 5. The average Bonchev–Trinajstić information content (AvgIpc) is 3.02. The largest absolute Gasteiger partial charge is 0.330 e. The molecule has 0 saturated heterocycles. The molecule has 3 aromatic rings. The van der Waals surface area contributed by atoms with Gasteiger partial charge in [-0.05, 0) is 36.4 Å². The number of nitrogens with one attached hydrogen (secondary N) is 1. The molecule has 1 heterocycles. The third kappa shape index (κ3) is 4.15. The minimum absolute atomic E-state index is 0.0367. The second kappa shape index (κ2) is 7.23. The standard InChI is InChI=1S/C14H9F3N4O2S3/c15-9-5-6-10(12(17)11(9)16)24-14-21-20-13(25-14)19-7-1-3-8(4-2-7)26(18,22)23/h1-6H,(H,19,20)(H2,18,22,23). The van der Waals surface area contributed by atoms with Crippen LogP contribution in [0.15, 0.2) is 50.5 Å². The molecule has 0 unspecified atom stereocenters. The summed E-state index contributed by atoms with van der Waals surface area (Å²) in [6.45, 7) is 0. The van der Waals surface area contributed by atoms with Gasteiger partial charge in [-0.3, -0.25) is 0 Å². The van der Waals surface area contributed by atoms with Gasteiger partial charge in [0, 0.05) is 5.69 Å². The van der Waals surface area contributed by atoms with Gasteiger partial charge in [0.25, 0.3) is 0 Å². The fourth-order valence-electron chi connectivity index (χ4n) is 1.83. The van der Waals surface area contributed by atoms with Gasteiger partial charge in [0.05, 0.1) is 9.79 Å². The van der Waals surface area contributed by atoms with Gasteiger partial charge >= 0.3 is 0 Å². The molecular formula is C14H9F3N4O2S3. The van der Waals surface area contributed by atoms with Gasteiger partial charge in [0.2, 0.25) is 15.2 Å². The number of anilines is 2. The van der Waals surface area contributed by atoms with E-state index in [1.807, 2.05) is 0 Å². The van der Waals surface area contributed by atoms with Crippen LogP contribution in [0.5, 0.6) is 0 Å². The predicted molar refractivity (Wildman–Crippen MR) is 91.4 cm³/mol. The minimum atomic E-state index is -3.78. The van der Waals surface area contributed by atoms with Crippen molar-refractivity contribution < 1.29 is 21.6 Å². The Morgan fingerprint density at radius 3 is 2.35 bits per heavy atom. The first kappa shape index (κ1) is 18.6. The van der Waals surface area contributed by atoms with Crippen LogP contribution < -0.4 is 10.5 Å². The van der Waals surface area contributed by atoms with Crippen LogP contribution in [0.3, 0.4) is 0 Å². The molecule has 0 aliphatic carbocycles. The van der Waals surface area contributed by atoms with Crippen LogP contribution in [0.4, 0.5) is 24.0 Å². The summed E-state index contributed by atoms with van der Waals surface area (Å²) in [4.78, 5) is -0.158. The van der Waals surface area contributed by atoms with Gasteiger partial charge in [-0.1, -0.05) is 23.1 Å². The highest BCUT2D eigenvalue weighted by atomic mass is 32.2. The lowest BCUT2D eigenvalue weighted by molar-refractivity contribution is 0.435. The van der Waals surface area contributed by atoms with Crippen molar-refractivity contribution in [3.8, 4) is 0 Å². The van der Waals surface area contributed by atoms with E-state index in [0.29, 0.717) is 15.2 Å². The van der Waals surface area contributed by atoms with E-state index in [0.717, 1.165) is 35.2 Å². The Balaban J connectivity index is 1.73. The van der Waals surface area contributed by atoms with Crippen molar-refractivity contribution in [3.63, 3.8) is 0 Å². The third-order valence-corrected chi connectivity index (χ3v) is 5.89. The molecule has 0 bridgehead atoms. The summed E-state index contributed by atoms with van der Waals surface area (Å²) in [6.07, 6.45) is 0. The van der Waals surface area contributed by atoms with E-state index in [-0.39, 0.29) is 9.79 Å². The van der Waals surface area contributed by atoms with E-state index < -0.39 is 27.5 Å². The van der Waals surface area contributed by atoms with Crippen molar-refractivity contribution in [1.82, 2.24) is 10.2 Å². The lowest BCUT2D eigenvalue weighted by Crippen LogP contribution is -2.11. The van der Waals surface area contributed by atoms with Crippen LogP contribution in [-0.2, 0) is 10.0 Å². The van der Waals surface area contributed by atoms with Crippen molar-refractivity contribution in [2.45, 2.75) is 14.1 Å². The van der Waals surface area contributed by atoms with Crippen molar-refractivity contribution in [2.75, 3.05) is 5.32 Å². The van der Waals surface area contributed by atoms with E-state index in [1.165, 1.54) is 24.3 Å². The van der Waals surface area contributed by atoms with Crippen LogP contribution in [-0.4, -0.2) is 18.6 Å². The molecule has 26 heavy (non-hydrogen) atoms. The topological polar surface area (TPSA) is 98.0 Å². The number of nitrogens with two attached hydrogens (primary N) is 1. The van der Waals surface area contributed by atoms with Crippen LogP contribution in [0, 0.1) is 17.5 Å². The summed E-state index contributed by atoms with van der Waals surface area (Å²) in [5.41, 5.74) is 0.532. The number of sulfonamides is 1. The zero-order valence-corrected chi connectivity index (χ0v) is 15.1. The van der Waals surface area contributed by atoms with Crippen molar-refractivity contribution in [2.24, 2.45) is 5.14 Å². The summed E-state index contributed by atoms with van der Waals surface area (Å²) >= 11 is 1.86. The number of benzene rings is 2. The van der Waals surface area contributed by atoms with Crippen LogP contribution >= 0.6 is 23.1 Å². The van der Waals surface area contributed by atoms with E-state index in [9.17, 15) is 21.6 Å². The molecule has 0 amide bonds. The molecule has 0 atom stereocenters. The Morgan fingerprint density at radius 1 is 1.00 bits per heavy atom. The summed E-state index contributed by atoms with van der Waals surface area (Å²) in [6, 6.07) is 7.56. The van der Waals surface area contributed by atoms with Crippen molar-refractivity contribution in [3.05, 3.63) is 53.8 Å². The molecule has 3 rings (SSSR count). The Labute approximate surface area is 154 Å². The Kier molecular flexibility index (Phi) is 5.18. The molecule has 0 fully saturated rings. The molecular weight excluding hydrogens is 409 g/mol. The molecule has 0 saturated carbocycles. The molecule has 0 aliphatic heterocycles. The SMILES string of the molecule is NS(=O)(=O)c1ccc(Nc2nnc(Sc3ccc(F)c(F)c3F)s2)cc1. The molecule has 2 aromatic carbocycles. The molecule has 6 nitrogen and oxygen atoms in total. The quantitative estimate of drug-likeness (QED) is 0.616. The predicted octanol–water partition coefficient (Wildman–Crippen LogP) is 3.50. The zero-order valence-electron chi connectivity index (χ0n) is 12.6. The van der Waals surface area contributed by atoms with E-state index in [2.05, 4.69) is 15.5 Å². The molecule has 1 aromatic heterocycles. The number of hydrogen-bond donors (Lipinski definition) is 2. The first-order valence-corrected chi connectivity index (χ1v) is 9.97. The molecule has 0 radical (unpaired) electrons. The van der Waals surface area contributed by atoms with Gasteiger partial charge < -0.3 is 5.32 Å². The number of hydrogen-bond acceptors (Lipinski definition) is 7. The van der Waals surface area contributed by atoms with E-state index in [1.54, 1.807) is 0 Å². The fraction of sp³-hybridized carbons (Fsp3) is 0. The number of halogens is 3. The van der Waals surface area contributed by atoms with Gasteiger partial charge in [-0.2, -0.15) is 0 Å². The summed E-state index contributed by atoms with van der Waals surface area (Å²) in [5, 5.41) is 15.9. The van der Waals surface area contributed by atoms with Crippen LogP contribution in [0.1, 0.15) is 0 Å². The van der Waals surface area contributed by atoms with Crippen molar-refractivity contribution >= 4 is 43.9 Å². The molecule has 0 aliphatic rings. The number of primary sulfonamides is 1. The maximum Gasteiger partial charge on any atom is 0.238 e. The maximum absolute atomic E-state index is 13.7. The Bertz CT molecular complexity index is 1060. The second-order valence-electron chi connectivity index (χ2n) is 4.84. The molecule has 0 spiro atoms. The highest BCUT2D eigenvalue weighted by molar-refractivity contribution is 8.01. The first-order valence-electron chi connectivity index (χ1n) is 6.79. The normalized spacial score (nSPS) is 11.5. The fourth-order valence-corrected chi connectivity index (χ4v) is 4.10. The summed E-state index contributed by atoms with van der Waals surface area (Å²) in [5.74, 6) is -4.11. The van der Waals surface area contributed by atoms with Crippen LogP contribution in [0.25, 0.3) is 0 Å². The average molecular weight is 418 g/mol. The summed E-state index contributed by atoms with van der Waals surface area (Å²) < 4.78 is 62.6. The first-order chi connectivity index (χ1) is 12.2. The van der Waals surface area contributed by atoms with Crippen LogP contribution in [0.2, 0.25) is 0 Å². The van der Waals surface area contributed by atoms with Crippen molar-refractivity contribution in [1.29, 1.82) is 0 Å². The third-order valence-electron chi connectivity index (χ3n) is 3.04. The highest BCUT2D eigenvalue weighted by Crippen LogP contribution is 2.35. The molecule has 3 N–H and O–H groups in total. The van der Waals surface area contributed by atoms with E-state index in [4.69, 9.17) is 5.14 Å². The lowest BCUT2D eigenvalue weighted by atomic mass is 10.3. The van der Waals surface area contributed by atoms with Gasteiger partial charge in [-0.25, -0.2) is 26.7 Å². The van der Waals surface area contributed by atoms with Gasteiger partial charge in [0.15, 0.2) is 21.8 Å². The van der Waals surface area contributed by atoms with E-state index >= 15 is 0 Å². The number of aromatic nitrogens is 2. The zero-order chi connectivity index (χ0) is 18.9. The minimum Gasteiger partial charge on any atom is -0.330 e. The monoisotopic (exact) mass is 418 g/mol. The smallest absolute Gasteiger partial charge is 0.238 e. The Hall–Kier alpha value is -2.15. The van der Waals surface area contributed by atoms with Gasteiger partial charge in [-0.15, -0.1) is 10.2 Å². The molecule has 12 heteroatoms. The second-order valence-corrected chi connectivity index (χ2v) is 8.67. The van der Waals surface area contributed by atoms with Gasteiger partial charge in [0.1, 0.15) is 0 Å². The Morgan fingerprint density at radius 2 is 1.69 bits per heavy atom. The molecule has 136 valence electrons. The summed E-state index contributed by atoms with van der Waals surface area (Å²) in [7, 11) is -3.78.